The van der Waals surface area contributed by atoms with Gasteiger partial charge in [-0.3, -0.25) is 4.68 Å². The van der Waals surface area contributed by atoms with Gasteiger partial charge in [-0.2, -0.15) is 19.0 Å². The SMILES string of the molecule is CCOC(=O)c1c(C)nn(-c2cc(Nc3nn(C)c(-c4ccc(F)cc4)c3OC(F)F)ncn2)c1C. The fraction of sp³-hybridized carbons (Fsp3) is 0.261. The smallest absolute Gasteiger partial charge is 0.387 e. The fourth-order valence-electron chi connectivity index (χ4n) is 3.73. The van der Waals surface area contributed by atoms with Crippen LogP contribution in [-0.2, 0) is 11.8 Å². The molecule has 0 bridgehead atoms. The number of benzene rings is 1. The van der Waals surface area contributed by atoms with Crippen LogP contribution in [0.4, 0.5) is 24.8 Å². The van der Waals surface area contributed by atoms with Crippen molar-refractivity contribution in [2.75, 3.05) is 11.9 Å². The number of carbonyl (C=O) groups is 1. The zero-order chi connectivity index (χ0) is 26.0. The lowest BCUT2D eigenvalue weighted by Crippen LogP contribution is -2.09. The largest absolute Gasteiger partial charge is 0.462 e. The van der Waals surface area contributed by atoms with Crippen molar-refractivity contribution < 1.29 is 27.4 Å². The van der Waals surface area contributed by atoms with Crippen LogP contribution in [0.1, 0.15) is 28.7 Å². The summed E-state index contributed by atoms with van der Waals surface area (Å²) in [5, 5.41) is 11.5. The van der Waals surface area contributed by atoms with Gasteiger partial charge in [0.25, 0.3) is 0 Å². The molecule has 4 rings (SSSR count). The minimum atomic E-state index is -3.13. The maximum absolute atomic E-state index is 13.4. The summed E-state index contributed by atoms with van der Waals surface area (Å²) in [5.74, 6) is -0.735. The van der Waals surface area contributed by atoms with Crippen molar-refractivity contribution in [2.45, 2.75) is 27.4 Å². The van der Waals surface area contributed by atoms with Gasteiger partial charge in [0, 0.05) is 18.7 Å². The monoisotopic (exact) mass is 501 g/mol. The van der Waals surface area contributed by atoms with Crippen LogP contribution >= 0.6 is 0 Å². The van der Waals surface area contributed by atoms with Crippen LogP contribution in [0.3, 0.4) is 0 Å². The van der Waals surface area contributed by atoms with E-state index in [4.69, 9.17) is 9.47 Å². The Kier molecular flexibility index (Phi) is 6.90. The van der Waals surface area contributed by atoms with E-state index >= 15 is 0 Å². The highest BCUT2D eigenvalue weighted by atomic mass is 19.3. The second-order valence-corrected chi connectivity index (χ2v) is 7.60. The van der Waals surface area contributed by atoms with Gasteiger partial charge >= 0.3 is 12.6 Å². The van der Waals surface area contributed by atoms with Crippen LogP contribution < -0.4 is 10.1 Å². The molecular formula is C23H22F3N7O3. The summed E-state index contributed by atoms with van der Waals surface area (Å²) >= 11 is 0. The molecule has 0 amide bonds. The van der Waals surface area contributed by atoms with Crippen molar-refractivity contribution in [3.63, 3.8) is 0 Å². The maximum atomic E-state index is 13.4. The zero-order valence-electron chi connectivity index (χ0n) is 19.8. The molecule has 0 aliphatic rings. The van der Waals surface area contributed by atoms with Crippen molar-refractivity contribution in [2.24, 2.45) is 7.05 Å². The summed E-state index contributed by atoms with van der Waals surface area (Å²) in [7, 11) is 1.54. The Bertz CT molecular complexity index is 1400. The van der Waals surface area contributed by atoms with Crippen molar-refractivity contribution in [3.05, 3.63) is 59.4 Å². The number of nitrogens with one attached hydrogen (secondary N) is 1. The number of carbonyl (C=O) groups excluding carboxylic acids is 1. The molecule has 1 N–H and O–H groups in total. The summed E-state index contributed by atoms with van der Waals surface area (Å²) in [5.41, 5.74) is 1.93. The first-order valence-corrected chi connectivity index (χ1v) is 10.8. The molecule has 188 valence electrons. The minimum absolute atomic E-state index is 0.0395. The quantitative estimate of drug-likeness (QED) is 0.355. The normalized spacial score (nSPS) is 11.1. The van der Waals surface area contributed by atoms with Crippen LogP contribution in [0.15, 0.2) is 36.7 Å². The molecule has 0 saturated heterocycles. The summed E-state index contributed by atoms with van der Waals surface area (Å²) in [4.78, 5) is 20.6. The number of nitrogens with zero attached hydrogens (tertiary/aromatic N) is 6. The average Bonchev–Trinajstić information content (AvgIpc) is 3.29. The van der Waals surface area contributed by atoms with E-state index in [1.54, 1.807) is 27.8 Å². The number of aryl methyl sites for hydroxylation is 2. The maximum Gasteiger partial charge on any atom is 0.387 e. The highest BCUT2D eigenvalue weighted by molar-refractivity contribution is 5.92. The molecule has 0 aliphatic carbocycles. The third-order valence-electron chi connectivity index (χ3n) is 5.22. The topological polar surface area (TPSA) is 109 Å². The predicted octanol–water partition coefficient (Wildman–Crippen LogP) is 4.34. The van der Waals surface area contributed by atoms with Crippen LogP contribution in [0, 0.1) is 19.7 Å². The van der Waals surface area contributed by atoms with Crippen molar-refractivity contribution in [1.82, 2.24) is 29.5 Å². The van der Waals surface area contributed by atoms with Gasteiger partial charge < -0.3 is 14.8 Å². The molecule has 0 aliphatic heterocycles. The van der Waals surface area contributed by atoms with E-state index in [1.807, 2.05) is 0 Å². The molecule has 13 heteroatoms. The molecule has 1 aromatic carbocycles. The molecule has 0 fully saturated rings. The van der Waals surface area contributed by atoms with E-state index in [2.05, 4.69) is 25.5 Å². The number of rotatable bonds is 8. The molecule has 0 spiro atoms. The van der Waals surface area contributed by atoms with E-state index in [-0.39, 0.29) is 29.7 Å². The van der Waals surface area contributed by atoms with Gasteiger partial charge in [-0.05, 0) is 45.0 Å². The van der Waals surface area contributed by atoms with Gasteiger partial charge in [0.2, 0.25) is 0 Å². The van der Waals surface area contributed by atoms with Gasteiger partial charge in [0.15, 0.2) is 17.4 Å². The Balaban J connectivity index is 1.71. The minimum Gasteiger partial charge on any atom is -0.462 e. The van der Waals surface area contributed by atoms with Gasteiger partial charge in [-0.25, -0.2) is 23.8 Å². The Morgan fingerprint density at radius 3 is 2.53 bits per heavy atom. The third-order valence-corrected chi connectivity index (χ3v) is 5.22. The van der Waals surface area contributed by atoms with Gasteiger partial charge in [0.1, 0.15) is 29.2 Å². The van der Waals surface area contributed by atoms with Gasteiger partial charge in [0.05, 0.1) is 18.0 Å². The fourth-order valence-corrected chi connectivity index (χ4v) is 3.73. The second kappa shape index (κ2) is 10.1. The van der Waals surface area contributed by atoms with Crippen LogP contribution in [-0.4, -0.2) is 48.7 Å². The molecule has 4 aromatic rings. The summed E-state index contributed by atoms with van der Waals surface area (Å²) < 4.78 is 52.6. The zero-order valence-corrected chi connectivity index (χ0v) is 19.8. The highest BCUT2D eigenvalue weighted by Crippen LogP contribution is 2.38. The number of aromatic nitrogens is 6. The first kappa shape index (κ1) is 24.7. The lowest BCUT2D eigenvalue weighted by Gasteiger charge is -2.10. The van der Waals surface area contributed by atoms with Crippen LogP contribution in [0.2, 0.25) is 0 Å². The standard InChI is InChI=1S/C23H22F3N7O3/c1-5-35-22(34)18-12(2)30-33(13(18)3)17-10-16(27-11-28-17)29-21-20(36-23(25)26)19(32(4)31-21)14-6-8-15(24)9-7-14/h6-11,23H,5H2,1-4H3,(H,27,28,29,31). The van der Waals surface area contributed by atoms with E-state index < -0.39 is 18.4 Å². The molecular weight excluding hydrogens is 479 g/mol. The Morgan fingerprint density at radius 2 is 1.86 bits per heavy atom. The summed E-state index contributed by atoms with van der Waals surface area (Å²) in [6.07, 6.45) is 1.25. The lowest BCUT2D eigenvalue weighted by atomic mass is 10.1. The second-order valence-electron chi connectivity index (χ2n) is 7.60. The summed E-state index contributed by atoms with van der Waals surface area (Å²) in [6.45, 7) is 2.17. The number of anilines is 2. The van der Waals surface area contributed by atoms with Crippen LogP contribution in [0.5, 0.6) is 5.75 Å². The van der Waals surface area contributed by atoms with Crippen LogP contribution in [0.25, 0.3) is 17.1 Å². The summed E-state index contributed by atoms with van der Waals surface area (Å²) in [6, 6.07) is 6.78. The van der Waals surface area contributed by atoms with E-state index in [0.29, 0.717) is 28.3 Å². The van der Waals surface area contributed by atoms with E-state index in [9.17, 15) is 18.0 Å². The Hall–Kier alpha value is -4.42. The number of hydrogen-bond acceptors (Lipinski definition) is 8. The molecule has 0 saturated carbocycles. The molecule has 0 radical (unpaired) electrons. The van der Waals surface area contributed by atoms with Gasteiger partial charge in [-0.15, -0.1) is 0 Å². The van der Waals surface area contributed by atoms with Gasteiger partial charge in [-0.1, -0.05) is 0 Å². The third kappa shape index (κ3) is 4.85. The lowest BCUT2D eigenvalue weighted by molar-refractivity contribution is -0.0490. The van der Waals surface area contributed by atoms with Crippen molar-refractivity contribution in [3.8, 4) is 22.8 Å². The number of esters is 1. The number of ether oxygens (including phenoxy) is 2. The molecule has 3 heterocycles. The number of hydrogen-bond donors (Lipinski definition) is 1. The number of halogens is 3. The molecule has 3 aromatic heterocycles. The first-order valence-electron chi connectivity index (χ1n) is 10.8. The Morgan fingerprint density at radius 1 is 1.14 bits per heavy atom. The van der Waals surface area contributed by atoms with Crippen molar-refractivity contribution in [1.29, 1.82) is 0 Å². The number of alkyl halides is 2. The Labute approximate surface area is 203 Å². The first-order chi connectivity index (χ1) is 17.2. The van der Waals surface area contributed by atoms with E-state index in [0.717, 1.165) is 0 Å². The predicted molar refractivity (Wildman–Crippen MR) is 123 cm³/mol. The molecule has 36 heavy (non-hydrogen) atoms. The van der Waals surface area contributed by atoms with Crippen molar-refractivity contribution >= 4 is 17.6 Å². The molecule has 0 unspecified atom stereocenters. The molecule has 0 atom stereocenters. The van der Waals surface area contributed by atoms with E-state index in [1.165, 1.54) is 46.0 Å². The highest BCUT2D eigenvalue weighted by Gasteiger charge is 2.24. The average molecular weight is 501 g/mol. The molecule has 10 nitrogen and oxygen atoms in total.